The number of rotatable bonds is 3. The van der Waals surface area contributed by atoms with Crippen molar-refractivity contribution in [3.05, 3.63) is 34.2 Å². The standard InChI is InChI=1S/C12H14N2O5/c15-10-7-9(12(17)18)1-2-14(10)8-11(16)13-3-5-19-6-4-13/h1-2,7H,3-6,8H2,(H,17,18). The van der Waals surface area contributed by atoms with Gasteiger partial charge >= 0.3 is 5.97 Å². The molecule has 1 fully saturated rings. The molecule has 0 aromatic carbocycles. The molecule has 0 unspecified atom stereocenters. The fraction of sp³-hybridized carbons (Fsp3) is 0.417. The predicted molar refractivity (Wildman–Crippen MR) is 65.1 cm³/mol. The van der Waals surface area contributed by atoms with Gasteiger partial charge in [-0.3, -0.25) is 9.59 Å². The Labute approximate surface area is 109 Å². The maximum atomic E-state index is 11.9. The van der Waals surface area contributed by atoms with Crippen molar-refractivity contribution >= 4 is 11.9 Å². The van der Waals surface area contributed by atoms with Crippen LogP contribution in [-0.2, 0) is 16.1 Å². The minimum absolute atomic E-state index is 0.0833. The van der Waals surface area contributed by atoms with E-state index in [0.29, 0.717) is 26.3 Å². The van der Waals surface area contributed by atoms with E-state index in [4.69, 9.17) is 9.84 Å². The van der Waals surface area contributed by atoms with Crippen LogP contribution in [0.15, 0.2) is 23.1 Å². The Morgan fingerprint density at radius 2 is 2.00 bits per heavy atom. The van der Waals surface area contributed by atoms with Gasteiger partial charge in [-0.15, -0.1) is 0 Å². The Kier molecular flexibility index (Phi) is 3.96. The van der Waals surface area contributed by atoms with Crippen LogP contribution in [0.25, 0.3) is 0 Å². The van der Waals surface area contributed by atoms with Gasteiger partial charge in [0.2, 0.25) is 5.91 Å². The molecule has 19 heavy (non-hydrogen) atoms. The quantitative estimate of drug-likeness (QED) is 0.789. The Balaban J connectivity index is 2.08. The largest absolute Gasteiger partial charge is 0.478 e. The number of hydrogen-bond donors (Lipinski definition) is 1. The van der Waals surface area contributed by atoms with E-state index in [2.05, 4.69) is 0 Å². The van der Waals surface area contributed by atoms with Crippen molar-refractivity contribution in [2.24, 2.45) is 0 Å². The van der Waals surface area contributed by atoms with Gasteiger partial charge in [-0.1, -0.05) is 0 Å². The second-order valence-corrected chi connectivity index (χ2v) is 4.18. The van der Waals surface area contributed by atoms with Crippen molar-refractivity contribution in [1.29, 1.82) is 0 Å². The highest BCUT2D eigenvalue weighted by atomic mass is 16.5. The molecular formula is C12H14N2O5. The first-order chi connectivity index (χ1) is 9.08. The lowest BCUT2D eigenvalue weighted by molar-refractivity contribution is -0.135. The molecule has 0 saturated carbocycles. The zero-order valence-electron chi connectivity index (χ0n) is 10.2. The molecule has 1 aliphatic rings. The van der Waals surface area contributed by atoms with E-state index in [1.807, 2.05) is 0 Å². The molecule has 1 aliphatic heterocycles. The summed E-state index contributed by atoms with van der Waals surface area (Å²) in [4.78, 5) is 35.9. The highest BCUT2D eigenvalue weighted by Crippen LogP contribution is 2.00. The normalized spacial score (nSPS) is 15.3. The Morgan fingerprint density at radius 1 is 1.32 bits per heavy atom. The zero-order valence-corrected chi connectivity index (χ0v) is 10.2. The van der Waals surface area contributed by atoms with Crippen molar-refractivity contribution in [3.63, 3.8) is 0 Å². The van der Waals surface area contributed by atoms with E-state index in [1.165, 1.54) is 16.8 Å². The van der Waals surface area contributed by atoms with E-state index in [0.717, 1.165) is 6.07 Å². The summed E-state index contributed by atoms with van der Waals surface area (Å²) >= 11 is 0. The molecule has 1 aromatic rings. The summed E-state index contributed by atoms with van der Waals surface area (Å²) < 4.78 is 6.34. The average Bonchev–Trinajstić information content (AvgIpc) is 2.41. The number of morpholine rings is 1. The third-order valence-electron chi connectivity index (χ3n) is 2.91. The van der Waals surface area contributed by atoms with E-state index < -0.39 is 11.5 Å². The number of nitrogens with zero attached hydrogens (tertiary/aromatic N) is 2. The van der Waals surface area contributed by atoms with Gasteiger partial charge in [0.05, 0.1) is 18.8 Å². The topological polar surface area (TPSA) is 88.8 Å². The fourth-order valence-electron chi connectivity index (χ4n) is 1.83. The van der Waals surface area contributed by atoms with Crippen molar-refractivity contribution < 1.29 is 19.4 Å². The van der Waals surface area contributed by atoms with Crippen LogP contribution in [-0.4, -0.2) is 52.8 Å². The van der Waals surface area contributed by atoms with Crippen LogP contribution in [0.2, 0.25) is 0 Å². The smallest absolute Gasteiger partial charge is 0.335 e. The maximum Gasteiger partial charge on any atom is 0.335 e. The SMILES string of the molecule is O=C(O)c1ccn(CC(=O)N2CCOCC2)c(=O)c1. The number of hydrogen-bond acceptors (Lipinski definition) is 4. The number of aromatic carboxylic acids is 1. The number of carbonyl (C=O) groups is 2. The number of carboxylic acid groups (broad SMARTS) is 1. The number of pyridine rings is 1. The third kappa shape index (κ3) is 3.19. The lowest BCUT2D eigenvalue weighted by Crippen LogP contribution is -2.43. The lowest BCUT2D eigenvalue weighted by Gasteiger charge is -2.27. The first kappa shape index (κ1) is 13.3. The molecule has 0 bridgehead atoms. The van der Waals surface area contributed by atoms with Crippen LogP contribution >= 0.6 is 0 Å². The van der Waals surface area contributed by atoms with Gasteiger partial charge in [0.25, 0.3) is 5.56 Å². The molecule has 102 valence electrons. The molecule has 0 aliphatic carbocycles. The minimum Gasteiger partial charge on any atom is -0.478 e. The van der Waals surface area contributed by atoms with Gasteiger partial charge in [0.1, 0.15) is 6.54 Å². The number of amides is 1. The second-order valence-electron chi connectivity index (χ2n) is 4.18. The van der Waals surface area contributed by atoms with Crippen LogP contribution in [0.1, 0.15) is 10.4 Å². The average molecular weight is 266 g/mol. The van der Waals surface area contributed by atoms with Gasteiger partial charge in [-0.25, -0.2) is 4.79 Å². The third-order valence-corrected chi connectivity index (χ3v) is 2.91. The molecule has 7 heteroatoms. The van der Waals surface area contributed by atoms with E-state index >= 15 is 0 Å². The minimum atomic E-state index is -1.16. The summed E-state index contributed by atoms with van der Waals surface area (Å²) in [5, 5.41) is 8.75. The Bertz CT molecular complexity index is 545. The molecule has 1 amide bonds. The van der Waals surface area contributed by atoms with Crippen molar-refractivity contribution in [2.75, 3.05) is 26.3 Å². The number of carbonyl (C=O) groups excluding carboxylic acids is 1. The number of carboxylic acids is 1. The molecule has 2 heterocycles. The Morgan fingerprint density at radius 3 is 2.58 bits per heavy atom. The van der Waals surface area contributed by atoms with Gasteiger partial charge in [0.15, 0.2) is 0 Å². The highest BCUT2D eigenvalue weighted by Gasteiger charge is 2.17. The lowest BCUT2D eigenvalue weighted by atomic mass is 10.2. The van der Waals surface area contributed by atoms with Gasteiger partial charge < -0.3 is 19.3 Å². The number of aromatic nitrogens is 1. The summed E-state index contributed by atoms with van der Waals surface area (Å²) in [6.45, 7) is 1.94. The van der Waals surface area contributed by atoms with Crippen LogP contribution in [0.4, 0.5) is 0 Å². The van der Waals surface area contributed by atoms with E-state index in [9.17, 15) is 14.4 Å². The van der Waals surface area contributed by atoms with E-state index in [1.54, 1.807) is 4.90 Å². The van der Waals surface area contributed by atoms with Gasteiger partial charge in [-0.05, 0) is 6.07 Å². The van der Waals surface area contributed by atoms with Crippen molar-refractivity contribution in [1.82, 2.24) is 9.47 Å². The summed E-state index contributed by atoms with van der Waals surface area (Å²) in [5.41, 5.74) is -0.582. The van der Waals surface area contributed by atoms with Gasteiger partial charge in [-0.2, -0.15) is 0 Å². The van der Waals surface area contributed by atoms with E-state index in [-0.39, 0.29) is 18.0 Å². The van der Waals surface area contributed by atoms with Crippen molar-refractivity contribution in [3.8, 4) is 0 Å². The highest BCUT2D eigenvalue weighted by molar-refractivity contribution is 5.87. The molecule has 0 radical (unpaired) electrons. The molecule has 0 atom stereocenters. The van der Waals surface area contributed by atoms with Crippen LogP contribution in [0, 0.1) is 0 Å². The van der Waals surface area contributed by atoms with Gasteiger partial charge in [0, 0.05) is 25.4 Å². The molecule has 7 nitrogen and oxygen atoms in total. The monoisotopic (exact) mass is 266 g/mol. The first-order valence-corrected chi connectivity index (χ1v) is 5.87. The maximum absolute atomic E-state index is 11.9. The zero-order chi connectivity index (χ0) is 13.8. The van der Waals surface area contributed by atoms with Crippen LogP contribution in [0.3, 0.4) is 0 Å². The molecular weight excluding hydrogens is 252 g/mol. The fourth-order valence-corrected chi connectivity index (χ4v) is 1.83. The summed E-state index contributed by atoms with van der Waals surface area (Å²) in [7, 11) is 0. The predicted octanol–water partition coefficient (Wildman–Crippen LogP) is -0.595. The first-order valence-electron chi connectivity index (χ1n) is 5.87. The molecule has 2 rings (SSSR count). The Hall–Kier alpha value is -2.15. The molecule has 1 saturated heterocycles. The summed E-state index contributed by atoms with van der Waals surface area (Å²) in [6, 6.07) is 2.31. The number of ether oxygens (including phenoxy) is 1. The second kappa shape index (κ2) is 5.66. The molecule has 1 N–H and O–H groups in total. The molecule has 1 aromatic heterocycles. The molecule has 0 spiro atoms. The van der Waals surface area contributed by atoms with Crippen LogP contribution in [0.5, 0.6) is 0 Å². The van der Waals surface area contributed by atoms with Crippen LogP contribution < -0.4 is 5.56 Å². The summed E-state index contributed by atoms with van der Waals surface area (Å²) in [5.74, 6) is -1.34. The summed E-state index contributed by atoms with van der Waals surface area (Å²) in [6.07, 6.45) is 1.32. The van der Waals surface area contributed by atoms with Crippen molar-refractivity contribution in [2.45, 2.75) is 6.54 Å².